The van der Waals surface area contributed by atoms with Crippen molar-refractivity contribution >= 4 is 58.8 Å². The fourth-order valence-electron chi connectivity index (χ4n) is 2.09. The van der Waals surface area contributed by atoms with E-state index < -0.39 is 0 Å². The highest BCUT2D eigenvalue weighted by Gasteiger charge is 2.26. The van der Waals surface area contributed by atoms with Crippen LogP contribution in [-0.4, -0.2) is 43.6 Å². The average Bonchev–Trinajstić information content (AvgIpc) is 2.71. The Morgan fingerprint density at radius 2 is 1.32 bits per heavy atom. The number of halogens is 4. The number of rotatable bonds is 3. The normalized spacial score (nSPS) is 16.2. The minimum absolute atomic E-state index is 0.317. The lowest BCUT2D eigenvalue weighted by Crippen LogP contribution is -2.37. The molecule has 0 amide bonds. The zero-order chi connectivity index (χ0) is 14.4. The third kappa shape index (κ3) is 2.90. The van der Waals surface area contributed by atoms with Gasteiger partial charge in [0, 0.05) is 6.54 Å². The first-order chi connectivity index (χ1) is 8.75. The van der Waals surface area contributed by atoms with Gasteiger partial charge in [-0.15, -0.1) is 0 Å². The van der Waals surface area contributed by atoms with Gasteiger partial charge < -0.3 is 4.90 Å². The van der Waals surface area contributed by atoms with E-state index in [9.17, 15) is 0 Å². The van der Waals surface area contributed by atoms with E-state index in [0.717, 1.165) is 23.5 Å². The molecule has 0 unspecified atom stereocenters. The van der Waals surface area contributed by atoms with Crippen LogP contribution in [0.1, 0.15) is 0 Å². The molecule has 0 fully saturated rings. The number of hydrogen-bond acceptors (Lipinski definition) is 1. The van der Waals surface area contributed by atoms with Crippen molar-refractivity contribution in [2.24, 2.45) is 0 Å². The molecule has 0 atom stereocenters. The quantitative estimate of drug-likeness (QED) is 0.464. The molecule has 1 aromatic carbocycles. The van der Waals surface area contributed by atoms with Crippen molar-refractivity contribution in [1.29, 1.82) is 0 Å². The SMILES string of the molecule is CN(C)CC[N+]1(C)C=c2c(Cl)c(Cl)c(Cl)c(Cl)c2=C1. The summed E-state index contributed by atoms with van der Waals surface area (Å²) in [6.45, 7) is 1.87. The lowest BCUT2D eigenvalue weighted by atomic mass is 10.2. The molecule has 0 N–H and O–H groups in total. The minimum Gasteiger partial charge on any atom is -0.304 e. The van der Waals surface area contributed by atoms with Crippen molar-refractivity contribution in [3.05, 3.63) is 30.5 Å². The number of nitrogens with zero attached hydrogens (tertiary/aromatic N) is 2. The molecule has 0 saturated heterocycles. The standard InChI is InChI=1S/C13H15Cl4N2/c1-18(2)4-5-19(3)6-8-9(7-19)11(15)13(17)12(16)10(8)14/h6-7H,4-5H2,1-3H3/q+1. The van der Waals surface area contributed by atoms with Gasteiger partial charge in [0.1, 0.15) is 12.4 Å². The van der Waals surface area contributed by atoms with E-state index in [2.05, 4.69) is 24.3 Å². The van der Waals surface area contributed by atoms with Crippen LogP contribution < -0.4 is 10.4 Å². The third-order valence-electron chi connectivity index (χ3n) is 3.22. The largest absolute Gasteiger partial charge is 0.304 e. The maximum absolute atomic E-state index is 6.26. The Labute approximate surface area is 133 Å². The van der Waals surface area contributed by atoms with Gasteiger partial charge in [-0.25, -0.2) is 0 Å². The van der Waals surface area contributed by atoms with Crippen LogP contribution in [0.15, 0.2) is 0 Å². The lowest BCUT2D eigenvalue weighted by molar-refractivity contribution is -0.745. The molecule has 0 spiro atoms. The number of fused-ring (bicyclic) bond motifs is 1. The molecule has 1 aliphatic heterocycles. The second-order valence-electron chi connectivity index (χ2n) is 5.22. The van der Waals surface area contributed by atoms with Gasteiger partial charge in [0.15, 0.2) is 0 Å². The van der Waals surface area contributed by atoms with Crippen LogP contribution in [0, 0.1) is 0 Å². The van der Waals surface area contributed by atoms with Crippen molar-refractivity contribution in [2.45, 2.75) is 0 Å². The molecule has 0 saturated carbocycles. The van der Waals surface area contributed by atoms with E-state index in [-0.39, 0.29) is 0 Å². The Bertz CT molecular complexity index is 590. The summed E-state index contributed by atoms with van der Waals surface area (Å²) in [5, 5.41) is 3.29. The molecule has 1 aromatic rings. The zero-order valence-electron chi connectivity index (χ0n) is 11.0. The van der Waals surface area contributed by atoms with Gasteiger partial charge in [0.25, 0.3) is 0 Å². The maximum atomic E-state index is 6.26. The van der Waals surface area contributed by atoms with Crippen molar-refractivity contribution in [3.8, 4) is 0 Å². The van der Waals surface area contributed by atoms with Gasteiger partial charge in [-0.2, -0.15) is 0 Å². The Morgan fingerprint density at radius 3 is 1.68 bits per heavy atom. The van der Waals surface area contributed by atoms with Gasteiger partial charge in [-0.1, -0.05) is 46.4 Å². The molecular weight excluding hydrogens is 326 g/mol. The average molecular weight is 341 g/mol. The molecule has 2 rings (SSSR count). The minimum atomic E-state index is 0.317. The van der Waals surface area contributed by atoms with Crippen molar-refractivity contribution in [3.63, 3.8) is 0 Å². The van der Waals surface area contributed by atoms with E-state index in [4.69, 9.17) is 46.4 Å². The van der Waals surface area contributed by atoms with Crippen LogP contribution in [0.5, 0.6) is 0 Å². The van der Waals surface area contributed by atoms with Crippen LogP contribution in [0.3, 0.4) is 0 Å². The summed E-state index contributed by atoms with van der Waals surface area (Å²) in [4.78, 5) is 2.14. The summed E-state index contributed by atoms with van der Waals surface area (Å²) in [6, 6.07) is 0. The Hall–Kier alpha value is 0.0400. The second kappa shape index (κ2) is 5.44. The number of quaternary nitrogens is 1. The summed E-state index contributed by atoms with van der Waals surface area (Å²) in [7, 11) is 6.18. The highest BCUT2D eigenvalue weighted by atomic mass is 35.5. The van der Waals surface area contributed by atoms with E-state index >= 15 is 0 Å². The summed E-state index contributed by atoms with van der Waals surface area (Å²) < 4.78 is 0.629. The maximum Gasteiger partial charge on any atom is 0.110 e. The first-order valence-corrected chi connectivity index (χ1v) is 7.34. The van der Waals surface area contributed by atoms with Gasteiger partial charge in [0.2, 0.25) is 0 Å². The summed E-state index contributed by atoms with van der Waals surface area (Å²) in [5.74, 6) is 0. The smallest absolute Gasteiger partial charge is 0.110 e. The van der Waals surface area contributed by atoms with Crippen LogP contribution >= 0.6 is 46.4 Å². The van der Waals surface area contributed by atoms with E-state index in [1.807, 2.05) is 14.1 Å². The van der Waals surface area contributed by atoms with Crippen LogP contribution in [0.4, 0.5) is 0 Å². The zero-order valence-corrected chi connectivity index (χ0v) is 14.0. The number of likely N-dealkylation sites (N-methyl/N-ethyl adjacent to an activating group) is 2. The van der Waals surface area contributed by atoms with E-state index in [1.165, 1.54) is 0 Å². The molecule has 2 nitrogen and oxygen atoms in total. The highest BCUT2D eigenvalue weighted by molar-refractivity contribution is 6.51. The Balaban J connectivity index is 2.56. The van der Waals surface area contributed by atoms with Gasteiger partial charge in [0.05, 0.1) is 44.1 Å². The molecule has 0 aliphatic carbocycles. The number of hydrogen-bond donors (Lipinski definition) is 0. The fraction of sp³-hybridized carbons (Fsp3) is 0.385. The molecule has 0 bridgehead atoms. The Kier molecular flexibility index (Phi) is 4.41. The first-order valence-electron chi connectivity index (χ1n) is 5.82. The topological polar surface area (TPSA) is 3.24 Å². The molecular formula is C13H15Cl4N2+. The van der Waals surface area contributed by atoms with Gasteiger partial charge >= 0.3 is 0 Å². The molecule has 0 radical (unpaired) electrons. The highest BCUT2D eigenvalue weighted by Crippen LogP contribution is 2.32. The van der Waals surface area contributed by atoms with Crippen LogP contribution in [-0.2, 0) is 0 Å². The molecule has 19 heavy (non-hydrogen) atoms. The molecule has 0 aromatic heterocycles. The summed E-state index contributed by atoms with van der Waals surface area (Å²) >= 11 is 24.7. The molecule has 1 heterocycles. The van der Waals surface area contributed by atoms with Crippen molar-refractivity contribution < 1.29 is 4.48 Å². The van der Waals surface area contributed by atoms with Crippen LogP contribution in [0.2, 0.25) is 20.1 Å². The van der Waals surface area contributed by atoms with Gasteiger partial charge in [-0.05, 0) is 14.1 Å². The third-order valence-corrected chi connectivity index (χ3v) is 5.05. The summed E-state index contributed by atoms with van der Waals surface area (Å²) in [5.41, 5.74) is 0. The lowest BCUT2D eigenvalue weighted by Gasteiger charge is -2.25. The van der Waals surface area contributed by atoms with Gasteiger partial charge in [-0.3, -0.25) is 4.48 Å². The molecule has 1 aliphatic rings. The monoisotopic (exact) mass is 339 g/mol. The second-order valence-corrected chi connectivity index (χ2v) is 6.73. The van der Waals surface area contributed by atoms with Crippen LogP contribution in [0.25, 0.3) is 12.4 Å². The molecule has 6 heteroatoms. The fourth-order valence-corrected chi connectivity index (χ4v) is 3.07. The molecule has 104 valence electrons. The predicted molar refractivity (Wildman–Crippen MR) is 84.3 cm³/mol. The first kappa shape index (κ1) is 15.4. The van der Waals surface area contributed by atoms with E-state index in [0.29, 0.717) is 24.6 Å². The summed E-state index contributed by atoms with van der Waals surface area (Å²) in [6.07, 6.45) is 4.13. The number of benzene rings is 1. The Morgan fingerprint density at radius 1 is 0.895 bits per heavy atom. The van der Waals surface area contributed by atoms with Crippen molar-refractivity contribution in [1.82, 2.24) is 4.90 Å². The van der Waals surface area contributed by atoms with Crippen molar-refractivity contribution in [2.75, 3.05) is 34.2 Å². The van der Waals surface area contributed by atoms with E-state index in [1.54, 1.807) is 0 Å². The predicted octanol–water partition coefficient (Wildman–Crippen LogP) is 2.80.